The zero-order valence-electron chi connectivity index (χ0n) is 17.2. The number of carbonyl (C=O) groups excluding carboxylic acids is 2. The van der Waals surface area contributed by atoms with Crippen molar-refractivity contribution < 1.29 is 18.0 Å². The van der Waals surface area contributed by atoms with Gasteiger partial charge in [0.05, 0.1) is 5.69 Å². The Morgan fingerprint density at radius 2 is 1.80 bits per heavy atom. The van der Waals surface area contributed by atoms with Crippen molar-refractivity contribution in [3.63, 3.8) is 0 Å². The highest BCUT2D eigenvalue weighted by Crippen LogP contribution is 2.30. The first-order chi connectivity index (χ1) is 14.2. The molecule has 0 unspecified atom stereocenters. The Balaban J connectivity index is 1.74. The van der Waals surface area contributed by atoms with Crippen LogP contribution in [0.1, 0.15) is 35.8 Å². The highest BCUT2D eigenvalue weighted by Gasteiger charge is 2.38. The van der Waals surface area contributed by atoms with Gasteiger partial charge in [-0.3, -0.25) is 14.3 Å². The fraction of sp³-hybridized carbons (Fsp3) is 0.450. The zero-order valence-corrected chi connectivity index (χ0v) is 18.8. The van der Waals surface area contributed by atoms with Gasteiger partial charge in [0.15, 0.2) is 0 Å². The van der Waals surface area contributed by atoms with Crippen LogP contribution in [0.15, 0.2) is 35.2 Å². The van der Waals surface area contributed by atoms with E-state index in [1.165, 1.54) is 4.68 Å². The second-order valence-electron chi connectivity index (χ2n) is 7.27. The molecule has 30 heavy (non-hydrogen) atoms. The van der Waals surface area contributed by atoms with Gasteiger partial charge in [-0.05, 0) is 38.8 Å². The minimum atomic E-state index is -4.13. The third-order valence-electron chi connectivity index (χ3n) is 5.33. The number of nitrogens with zero attached hydrogens (tertiary/aromatic N) is 4. The van der Waals surface area contributed by atoms with E-state index in [9.17, 15) is 18.0 Å². The molecule has 0 saturated carbocycles. The summed E-state index contributed by atoms with van der Waals surface area (Å²) in [4.78, 5) is 27.3. The van der Waals surface area contributed by atoms with Crippen LogP contribution in [0.4, 0.5) is 0 Å². The molecule has 162 valence electrons. The molecule has 8 nitrogen and oxygen atoms in total. The maximum atomic E-state index is 13.2. The number of aryl methyl sites for hydroxylation is 2. The summed E-state index contributed by atoms with van der Waals surface area (Å²) in [7, 11) is -2.58. The van der Waals surface area contributed by atoms with Gasteiger partial charge >= 0.3 is 0 Å². The van der Waals surface area contributed by atoms with Crippen molar-refractivity contribution in [3.05, 3.63) is 46.7 Å². The summed E-state index contributed by atoms with van der Waals surface area (Å²) in [5.41, 5.74) is 0.846. The van der Waals surface area contributed by atoms with Gasteiger partial charge in [0.25, 0.3) is 15.9 Å². The number of rotatable bonds is 5. The molecule has 1 aromatic carbocycles. The Bertz CT molecular complexity index is 1040. The van der Waals surface area contributed by atoms with E-state index < -0.39 is 21.8 Å². The molecule has 1 fully saturated rings. The number of benzene rings is 1. The summed E-state index contributed by atoms with van der Waals surface area (Å²) < 4.78 is 28.5. The van der Waals surface area contributed by atoms with Gasteiger partial charge in [-0.25, -0.2) is 12.7 Å². The minimum absolute atomic E-state index is 0.00497. The quantitative estimate of drug-likeness (QED) is 0.694. The Kier molecular flexibility index (Phi) is 6.52. The Hall–Kier alpha value is -2.39. The number of halogens is 1. The van der Waals surface area contributed by atoms with E-state index in [0.29, 0.717) is 31.5 Å². The van der Waals surface area contributed by atoms with Crippen LogP contribution in [0.5, 0.6) is 0 Å². The summed E-state index contributed by atoms with van der Waals surface area (Å²) in [6.45, 7) is 3.95. The Labute approximate surface area is 181 Å². The summed E-state index contributed by atoms with van der Waals surface area (Å²) in [6, 6.07) is 8.96. The molecule has 0 spiro atoms. The molecule has 2 amide bonds. The molecule has 0 bridgehead atoms. The van der Waals surface area contributed by atoms with Gasteiger partial charge in [0.2, 0.25) is 5.91 Å². The van der Waals surface area contributed by atoms with Crippen LogP contribution in [0.3, 0.4) is 0 Å². The van der Waals surface area contributed by atoms with E-state index in [-0.39, 0.29) is 28.2 Å². The number of carbonyl (C=O) groups is 2. The fourth-order valence-corrected chi connectivity index (χ4v) is 5.93. The third kappa shape index (κ3) is 4.09. The van der Waals surface area contributed by atoms with Gasteiger partial charge in [-0.1, -0.05) is 29.8 Å². The molecule has 1 aliphatic rings. The van der Waals surface area contributed by atoms with Gasteiger partial charge in [0, 0.05) is 38.2 Å². The molecule has 2 aromatic rings. The molecular formula is C20H25ClN4O4S. The van der Waals surface area contributed by atoms with Crippen molar-refractivity contribution in [2.45, 2.75) is 31.6 Å². The molecule has 1 aliphatic heterocycles. The topological polar surface area (TPSA) is 92.6 Å². The standard InChI is InChI=1S/C20H25ClN4O4S/c1-4-25(30(28,29)17-14(2)22-23(3)18(17)21)20(27)16-10-12-24(13-11-16)19(26)15-8-6-5-7-9-15/h5-9,16H,4,10-13H2,1-3H3. The van der Waals surface area contributed by atoms with Gasteiger partial charge < -0.3 is 4.90 Å². The van der Waals surface area contributed by atoms with Crippen LogP contribution in [-0.4, -0.2) is 58.9 Å². The van der Waals surface area contributed by atoms with Crippen molar-refractivity contribution in [2.24, 2.45) is 13.0 Å². The lowest BCUT2D eigenvalue weighted by atomic mass is 9.95. The van der Waals surface area contributed by atoms with Crippen LogP contribution in [0, 0.1) is 12.8 Å². The minimum Gasteiger partial charge on any atom is -0.339 e. The first kappa shape index (κ1) is 22.3. The Morgan fingerprint density at radius 1 is 1.20 bits per heavy atom. The number of piperidine rings is 1. The van der Waals surface area contributed by atoms with Crippen LogP contribution in [-0.2, 0) is 21.9 Å². The zero-order chi connectivity index (χ0) is 22.1. The maximum absolute atomic E-state index is 13.2. The van der Waals surface area contributed by atoms with E-state index in [0.717, 1.165) is 4.31 Å². The first-order valence-electron chi connectivity index (χ1n) is 9.78. The predicted octanol–water partition coefficient (Wildman–Crippen LogP) is 2.47. The number of hydrogen-bond donors (Lipinski definition) is 0. The van der Waals surface area contributed by atoms with E-state index in [1.54, 1.807) is 50.1 Å². The third-order valence-corrected chi connectivity index (χ3v) is 7.90. The molecule has 3 rings (SSSR count). The second-order valence-corrected chi connectivity index (χ2v) is 9.43. The summed E-state index contributed by atoms with van der Waals surface area (Å²) in [6.07, 6.45) is 0.812. The van der Waals surface area contributed by atoms with Crippen molar-refractivity contribution in [1.82, 2.24) is 19.0 Å². The van der Waals surface area contributed by atoms with Crippen molar-refractivity contribution in [1.29, 1.82) is 0 Å². The lowest BCUT2D eigenvalue weighted by Crippen LogP contribution is -2.46. The second kappa shape index (κ2) is 8.77. The highest BCUT2D eigenvalue weighted by atomic mass is 35.5. The SMILES string of the molecule is CCN(C(=O)C1CCN(C(=O)c2ccccc2)CC1)S(=O)(=O)c1c(C)nn(C)c1Cl. The maximum Gasteiger partial charge on any atom is 0.271 e. The van der Waals surface area contributed by atoms with Crippen LogP contribution >= 0.6 is 11.6 Å². The predicted molar refractivity (Wildman–Crippen MR) is 113 cm³/mol. The van der Waals surface area contributed by atoms with E-state index in [4.69, 9.17) is 11.6 Å². The van der Waals surface area contributed by atoms with Crippen molar-refractivity contribution in [3.8, 4) is 0 Å². The van der Waals surface area contributed by atoms with E-state index in [1.807, 2.05) is 6.07 Å². The number of likely N-dealkylation sites (tertiary alicyclic amines) is 1. The number of hydrogen-bond acceptors (Lipinski definition) is 5. The number of amides is 2. The van der Waals surface area contributed by atoms with Gasteiger partial charge in [-0.15, -0.1) is 0 Å². The van der Waals surface area contributed by atoms with E-state index in [2.05, 4.69) is 5.10 Å². The molecule has 2 heterocycles. The van der Waals surface area contributed by atoms with Crippen LogP contribution in [0.2, 0.25) is 5.15 Å². The van der Waals surface area contributed by atoms with E-state index >= 15 is 0 Å². The largest absolute Gasteiger partial charge is 0.339 e. The van der Waals surface area contributed by atoms with Gasteiger partial charge in [0.1, 0.15) is 10.0 Å². The molecule has 0 radical (unpaired) electrons. The first-order valence-corrected chi connectivity index (χ1v) is 11.6. The normalized spacial score (nSPS) is 15.3. The highest BCUT2D eigenvalue weighted by molar-refractivity contribution is 7.89. The monoisotopic (exact) mass is 452 g/mol. The average Bonchev–Trinajstić information content (AvgIpc) is 3.00. The molecule has 10 heteroatoms. The van der Waals surface area contributed by atoms with Crippen LogP contribution < -0.4 is 0 Å². The number of sulfonamides is 1. The molecular weight excluding hydrogens is 428 g/mol. The molecule has 0 N–H and O–H groups in total. The van der Waals surface area contributed by atoms with Crippen LogP contribution in [0.25, 0.3) is 0 Å². The smallest absolute Gasteiger partial charge is 0.271 e. The Morgan fingerprint density at radius 3 is 2.30 bits per heavy atom. The van der Waals surface area contributed by atoms with Crippen molar-refractivity contribution >= 4 is 33.4 Å². The van der Waals surface area contributed by atoms with Crippen molar-refractivity contribution in [2.75, 3.05) is 19.6 Å². The molecule has 1 saturated heterocycles. The summed E-state index contributed by atoms with van der Waals surface area (Å²) in [5.74, 6) is -1.03. The summed E-state index contributed by atoms with van der Waals surface area (Å²) in [5, 5.41) is 4.02. The summed E-state index contributed by atoms with van der Waals surface area (Å²) >= 11 is 6.14. The lowest BCUT2D eigenvalue weighted by molar-refractivity contribution is -0.131. The molecule has 1 aromatic heterocycles. The molecule has 0 aliphatic carbocycles. The average molecular weight is 453 g/mol. The van der Waals surface area contributed by atoms with Gasteiger partial charge in [-0.2, -0.15) is 5.10 Å². The number of aromatic nitrogens is 2. The lowest BCUT2D eigenvalue weighted by Gasteiger charge is -2.33. The molecule has 0 atom stereocenters. The fourth-order valence-electron chi connectivity index (χ4n) is 3.75.